The van der Waals surface area contributed by atoms with Crippen molar-refractivity contribution in [3.63, 3.8) is 0 Å². The van der Waals surface area contributed by atoms with Crippen molar-refractivity contribution in [3.8, 4) is 5.75 Å². The summed E-state index contributed by atoms with van der Waals surface area (Å²) in [6, 6.07) is 1.45. The summed E-state index contributed by atoms with van der Waals surface area (Å²) in [7, 11) is -3.87. The van der Waals surface area contributed by atoms with Gasteiger partial charge in [0.05, 0.1) is 13.8 Å². The first-order valence-electron chi connectivity index (χ1n) is 4.85. The van der Waals surface area contributed by atoms with E-state index in [9.17, 15) is 18.0 Å². The van der Waals surface area contributed by atoms with E-state index in [1.807, 2.05) is 5.32 Å². The van der Waals surface area contributed by atoms with E-state index < -0.39 is 28.6 Å². The molecule has 0 unspecified atom stereocenters. The Morgan fingerprint density at radius 3 is 2.15 bits per heavy atom. The van der Waals surface area contributed by atoms with Crippen molar-refractivity contribution in [3.05, 3.63) is 21.1 Å². The van der Waals surface area contributed by atoms with Crippen LogP contribution in [0.25, 0.3) is 0 Å². The molecule has 0 aliphatic rings. The van der Waals surface area contributed by atoms with Crippen LogP contribution in [0.4, 0.5) is 4.79 Å². The van der Waals surface area contributed by atoms with Crippen molar-refractivity contribution in [2.45, 2.75) is 4.90 Å². The average Bonchev–Trinajstić information content (AvgIpc) is 2.25. The number of carbonyl (C=O) groups is 2. The Balaban J connectivity index is 2.93. The number of primary sulfonamides is 1. The fourth-order valence-corrected chi connectivity index (χ4v) is 3.43. The highest BCUT2D eigenvalue weighted by Gasteiger charge is 2.16. The lowest BCUT2D eigenvalue weighted by Crippen LogP contribution is -2.38. The smallest absolute Gasteiger partial charge is 0.318 e. The van der Waals surface area contributed by atoms with E-state index in [2.05, 4.69) is 31.9 Å². The normalized spacial score (nSPS) is 10.9. The van der Waals surface area contributed by atoms with Crippen LogP contribution in [0.3, 0.4) is 0 Å². The second-order valence-electron chi connectivity index (χ2n) is 3.46. The summed E-state index contributed by atoms with van der Waals surface area (Å²) in [5.41, 5.74) is 4.76. The third-order valence-electron chi connectivity index (χ3n) is 1.91. The van der Waals surface area contributed by atoms with E-state index in [0.717, 1.165) is 0 Å². The second kappa shape index (κ2) is 6.52. The van der Waals surface area contributed by atoms with Gasteiger partial charge in [-0.1, -0.05) is 0 Å². The van der Waals surface area contributed by atoms with Crippen molar-refractivity contribution in [1.82, 2.24) is 5.32 Å². The molecule has 0 fully saturated rings. The highest BCUT2D eigenvalue weighted by Crippen LogP contribution is 2.35. The van der Waals surface area contributed by atoms with Crippen LogP contribution in [-0.2, 0) is 14.8 Å². The molecule has 1 aromatic carbocycles. The number of ether oxygens (including phenoxy) is 1. The fourth-order valence-electron chi connectivity index (χ4n) is 1.15. The van der Waals surface area contributed by atoms with Gasteiger partial charge >= 0.3 is 6.03 Å². The molecule has 0 spiro atoms. The topological polar surface area (TPSA) is 142 Å². The van der Waals surface area contributed by atoms with Crippen LogP contribution in [0.15, 0.2) is 26.0 Å². The number of nitrogens with one attached hydrogen (secondary N) is 1. The van der Waals surface area contributed by atoms with Gasteiger partial charge in [-0.05, 0) is 44.0 Å². The van der Waals surface area contributed by atoms with Crippen LogP contribution in [0, 0.1) is 0 Å². The van der Waals surface area contributed by atoms with Gasteiger partial charge in [0.15, 0.2) is 6.61 Å². The Kier molecular flexibility index (Phi) is 5.50. The van der Waals surface area contributed by atoms with Gasteiger partial charge in [0, 0.05) is 0 Å². The SMILES string of the molecule is NC(=O)NC(=O)COc1c(Br)cc(S(N)(=O)=O)cc1Br. The van der Waals surface area contributed by atoms with Crippen molar-refractivity contribution in [1.29, 1.82) is 0 Å². The maximum Gasteiger partial charge on any atom is 0.318 e. The highest BCUT2D eigenvalue weighted by molar-refractivity contribution is 9.11. The minimum absolute atomic E-state index is 0.134. The molecule has 0 aliphatic heterocycles. The van der Waals surface area contributed by atoms with Gasteiger partial charge in [-0.25, -0.2) is 18.4 Å². The molecule has 0 saturated carbocycles. The molecule has 0 aromatic heterocycles. The van der Waals surface area contributed by atoms with E-state index in [1.54, 1.807) is 0 Å². The molecule has 0 bridgehead atoms. The predicted octanol–water partition coefficient (Wildman–Crippen LogP) is 0.433. The molecular weight excluding hydrogens is 422 g/mol. The third kappa shape index (κ3) is 4.74. The Bertz CT molecular complexity index is 639. The van der Waals surface area contributed by atoms with Crippen molar-refractivity contribution >= 4 is 53.8 Å². The van der Waals surface area contributed by atoms with Crippen LogP contribution in [-0.4, -0.2) is 27.0 Å². The number of hydrogen-bond donors (Lipinski definition) is 3. The second-order valence-corrected chi connectivity index (χ2v) is 6.73. The Labute approximate surface area is 131 Å². The Morgan fingerprint density at radius 2 is 1.75 bits per heavy atom. The number of nitrogens with two attached hydrogens (primary N) is 2. The number of carbonyl (C=O) groups excluding carboxylic acids is 2. The van der Waals surface area contributed by atoms with E-state index in [4.69, 9.17) is 15.6 Å². The van der Waals surface area contributed by atoms with E-state index >= 15 is 0 Å². The molecule has 5 N–H and O–H groups in total. The number of rotatable bonds is 4. The molecular formula is C9H9Br2N3O5S. The molecule has 0 radical (unpaired) electrons. The molecule has 1 aromatic rings. The molecule has 3 amide bonds. The Morgan fingerprint density at radius 1 is 1.25 bits per heavy atom. The van der Waals surface area contributed by atoms with E-state index in [-0.39, 0.29) is 19.6 Å². The Hall–Kier alpha value is -1.17. The van der Waals surface area contributed by atoms with E-state index in [0.29, 0.717) is 0 Å². The summed E-state index contributed by atoms with van der Waals surface area (Å²) in [5.74, 6) is -0.566. The van der Waals surface area contributed by atoms with Crippen LogP contribution in [0.5, 0.6) is 5.75 Å². The summed E-state index contributed by atoms with van der Waals surface area (Å²) < 4.78 is 28.1. The number of sulfonamides is 1. The molecule has 0 saturated heterocycles. The minimum atomic E-state index is -3.87. The highest BCUT2D eigenvalue weighted by atomic mass is 79.9. The third-order valence-corrected chi connectivity index (χ3v) is 3.98. The summed E-state index contributed by atoms with van der Waals surface area (Å²) in [6.07, 6.45) is 0. The summed E-state index contributed by atoms with van der Waals surface area (Å²) in [5, 5.41) is 6.81. The molecule has 8 nitrogen and oxygen atoms in total. The lowest BCUT2D eigenvalue weighted by atomic mass is 10.3. The maximum absolute atomic E-state index is 11.2. The summed E-state index contributed by atoms with van der Waals surface area (Å²) >= 11 is 6.19. The van der Waals surface area contributed by atoms with E-state index in [1.165, 1.54) is 12.1 Å². The number of imide groups is 1. The number of amides is 3. The summed E-state index contributed by atoms with van der Waals surface area (Å²) in [6.45, 7) is -0.477. The first kappa shape index (κ1) is 16.9. The largest absolute Gasteiger partial charge is 0.481 e. The molecule has 0 aliphatic carbocycles. The van der Waals surface area contributed by atoms with Crippen molar-refractivity contribution in [2.75, 3.05) is 6.61 Å². The molecule has 20 heavy (non-hydrogen) atoms. The first-order chi connectivity index (χ1) is 9.11. The van der Waals surface area contributed by atoms with Gasteiger partial charge < -0.3 is 10.5 Å². The lowest BCUT2D eigenvalue weighted by Gasteiger charge is -2.11. The lowest BCUT2D eigenvalue weighted by molar-refractivity contribution is -0.121. The zero-order valence-electron chi connectivity index (χ0n) is 9.72. The minimum Gasteiger partial charge on any atom is -0.481 e. The van der Waals surface area contributed by atoms with Gasteiger partial charge in [0.2, 0.25) is 10.0 Å². The number of urea groups is 1. The average molecular weight is 431 g/mol. The molecule has 110 valence electrons. The fraction of sp³-hybridized carbons (Fsp3) is 0.111. The van der Waals surface area contributed by atoms with Crippen LogP contribution < -0.4 is 20.9 Å². The monoisotopic (exact) mass is 429 g/mol. The van der Waals surface area contributed by atoms with Gasteiger partial charge in [0.1, 0.15) is 5.75 Å². The molecule has 0 atom stereocenters. The zero-order chi connectivity index (χ0) is 15.5. The maximum atomic E-state index is 11.2. The quantitative estimate of drug-likeness (QED) is 0.634. The number of hydrogen-bond acceptors (Lipinski definition) is 5. The zero-order valence-corrected chi connectivity index (χ0v) is 13.7. The van der Waals surface area contributed by atoms with Crippen molar-refractivity contribution in [2.24, 2.45) is 10.9 Å². The molecule has 0 heterocycles. The van der Waals surface area contributed by atoms with Crippen molar-refractivity contribution < 1.29 is 22.7 Å². The van der Waals surface area contributed by atoms with Crippen LogP contribution >= 0.6 is 31.9 Å². The predicted molar refractivity (Wildman–Crippen MR) is 76.4 cm³/mol. The number of halogens is 2. The first-order valence-corrected chi connectivity index (χ1v) is 7.98. The number of benzene rings is 1. The number of primary amides is 1. The van der Waals surface area contributed by atoms with Gasteiger partial charge in [-0.15, -0.1) is 0 Å². The van der Waals surface area contributed by atoms with Crippen LogP contribution in [0.1, 0.15) is 0 Å². The molecule has 1 rings (SSSR count). The van der Waals surface area contributed by atoms with Crippen LogP contribution in [0.2, 0.25) is 0 Å². The molecule has 11 heteroatoms. The standard InChI is InChI=1S/C9H9Br2N3O5S/c10-5-1-4(20(13,17)18)2-6(11)8(5)19-3-7(15)14-9(12)16/h1-2H,3H2,(H2,13,17,18)(H3,12,14,15,16). The van der Waals surface area contributed by atoms with Gasteiger partial charge in [0.25, 0.3) is 5.91 Å². The van der Waals surface area contributed by atoms with Gasteiger partial charge in [-0.2, -0.15) is 0 Å². The summed E-state index contributed by atoms with van der Waals surface area (Å²) in [4.78, 5) is 21.5. The van der Waals surface area contributed by atoms with Gasteiger partial charge in [-0.3, -0.25) is 10.1 Å².